The molecule has 2 heterocycles. The van der Waals surface area contributed by atoms with Crippen molar-refractivity contribution >= 4 is 23.4 Å². The van der Waals surface area contributed by atoms with E-state index in [9.17, 15) is 14.4 Å². The van der Waals surface area contributed by atoms with E-state index in [0.29, 0.717) is 30.5 Å². The zero-order chi connectivity index (χ0) is 21.6. The van der Waals surface area contributed by atoms with Crippen molar-refractivity contribution in [1.82, 2.24) is 15.1 Å². The molecule has 0 aromatic heterocycles. The van der Waals surface area contributed by atoms with Crippen LogP contribution in [0, 0.1) is 0 Å². The van der Waals surface area contributed by atoms with Crippen LogP contribution in [0.2, 0.25) is 0 Å². The second-order valence-electron chi connectivity index (χ2n) is 7.93. The molecule has 162 valence electrons. The van der Waals surface area contributed by atoms with E-state index in [1.807, 2.05) is 6.07 Å². The topological polar surface area (TPSA) is 73.0 Å². The van der Waals surface area contributed by atoms with Crippen molar-refractivity contribution in [3.8, 4) is 0 Å². The summed E-state index contributed by atoms with van der Waals surface area (Å²) < 4.78 is 0. The third-order valence-corrected chi connectivity index (χ3v) is 5.91. The SMILES string of the molecule is O=C(CCCN1C(=O)c2ccccc2C1=O)NCCN1CCN(c2ccccc2)CC1. The van der Waals surface area contributed by atoms with E-state index >= 15 is 0 Å². The van der Waals surface area contributed by atoms with Gasteiger partial charge in [-0.3, -0.25) is 24.2 Å². The van der Waals surface area contributed by atoms with Gasteiger partial charge in [0.1, 0.15) is 0 Å². The Bertz CT molecular complexity index is 904. The van der Waals surface area contributed by atoms with Gasteiger partial charge >= 0.3 is 0 Å². The van der Waals surface area contributed by atoms with Crippen molar-refractivity contribution in [2.45, 2.75) is 12.8 Å². The van der Waals surface area contributed by atoms with Gasteiger partial charge in [0.05, 0.1) is 11.1 Å². The van der Waals surface area contributed by atoms with E-state index in [1.54, 1.807) is 24.3 Å². The first-order chi connectivity index (χ1) is 15.1. The van der Waals surface area contributed by atoms with Gasteiger partial charge in [-0.25, -0.2) is 0 Å². The number of hydrogen-bond acceptors (Lipinski definition) is 5. The van der Waals surface area contributed by atoms with Gasteiger partial charge < -0.3 is 10.2 Å². The van der Waals surface area contributed by atoms with Gasteiger partial charge in [-0.1, -0.05) is 30.3 Å². The van der Waals surface area contributed by atoms with Crippen molar-refractivity contribution in [3.63, 3.8) is 0 Å². The molecule has 0 unspecified atom stereocenters. The number of rotatable bonds is 8. The smallest absolute Gasteiger partial charge is 0.261 e. The van der Waals surface area contributed by atoms with E-state index < -0.39 is 0 Å². The molecule has 31 heavy (non-hydrogen) atoms. The Labute approximate surface area is 182 Å². The first-order valence-electron chi connectivity index (χ1n) is 10.9. The number of nitrogens with one attached hydrogen (secondary N) is 1. The summed E-state index contributed by atoms with van der Waals surface area (Å²) in [6, 6.07) is 17.3. The van der Waals surface area contributed by atoms with Crippen LogP contribution >= 0.6 is 0 Å². The van der Waals surface area contributed by atoms with Gasteiger partial charge in [0.25, 0.3) is 11.8 Å². The number of hydrogen-bond donors (Lipinski definition) is 1. The molecule has 0 radical (unpaired) electrons. The third kappa shape index (κ3) is 4.94. The Morgan fingerprint density at radius 3 is 2.06 bits per heavy atom. The predicted octanol–water partition coefficient (Wildman–Crippen LogP) is 2.00. The predicted molar refractivity (Wildman–Crippen MR) is 119 cm³/mol. The van der Waals surface area contributed by atoms with Crippen molar-refractivity contribution in [2.24, 2.45) is 0 Å². The van der Waals surface area contributed by atoms with E-state index in [0.717, 1.165) is 32.7 Å². The summed E-state index contributed by atoms with van der Waals surface area (Å²) >= 11 is 0. The molecule has 1 N–H and O–H groups in total. The monoisotopic (exact) mass is 420 g/mol. The van der Waals surface area contributed by atoms with Crippen LogP contribution in [0.1, 0.15) is 33.6 Å². The average Bonchev–Trinajstić information content (AvgIpc) is 3.05. The third-order valence-electron chi connectivity index (χ3n) is 5.91. The highest BCUT2D eigenvalue weighted by molar-refractivity contribution is 6.21. The van der Waals surface area contributed by atoms with Gasteiger partial charge in [-0.05, 0) is 30.7 Å². The van der Waals surface area contributed by atoms with Crippen LogP contribution in [0.4, 0.5) is 5.69 Å². The zero-order valence-corrected chi connectivity index (χ0v) is 17.6. The lowest BCUT2D eigenvalue weighted by Gasteiger charge is -2.36. The molecule has 7 nitrogen and oxygen atoms in total. The van der Waals surface area contributed by atoms with Crippen LogP contribution in [-0.2, 0) is 4.79 Å². The minimum absolute atomic E-state index is 0.0421. The maximum Gasteiger partial charge on any atom is 0.261 e. The summed E-state index contributed by atoms with van der Waals surface area (Å²) in [5.74, 6) is -0.578. The average molecular weight is 421 g/mol. The molecular formula is C24H28N4O3. The zero-order valence-electron chi connectivity index (χ0n) is 17.6. The first kappa shape index (κ1) is 21.1. The summed E-state index contributed by atoms with van der Waals surface area (Å²) in [5.41, 5.74) is 2.15. The number of nitrogens with zero attached hydrogens (tertiary/aromatic N) is 3. The quantitative estimate of drug-likeness (QED) is 0.662. The standard InChI is InChI=1S/C24H28N4O3/c29-22(11-6-13-28-23(30)20-9-4-5-10-21(20)24(28)31)25-12-14-26-15-17-27(18-16-26)19-7-2-1-3-8-19/h1-5,7-10H,6,11-18H2,(H,25,29). The summed E-state index contributed by atoms with van der Waals surface area (Å²) in [7, 11) is 0. The highest BCUT2D eigenvalue weighted by Crippen LogP contribution is 2.22. The molecule has 4 rings (SSSR count). The minimum Gasteiger partial charge on any atom is -0.369 e. The second kappa shape index (κ2) is 9.75. The number of carbonyl (C=O) groups excluding carboxylic acids is 3. The molecule has 2 aromatic rings. The number of imide groups is 1. The summed E-state index contributed by atoms with van der Waals surface area (Å²) in [4.78, 5) is 42.8. The van der Waals surface area contributed by atoms with E-state index in [2.05, 4.69) is 39.4 Å². The molecule has 2 aliphatic heterocycles. The first-order valence-corrected chi connectivity index (χ1v) is 10.9. The molecule has 0 aliphatic carbocycles. The molecule has 2 aliphatic rings. The van der Waals surface area contributed by atoms with Gasteiger partial charge in [0.2, 0.25) is 5.91 Å². The number of amides is 3. The van der Waals surface area contributed by atoms with Crippen LogP contribution in [0.5, 0.6) is 0 Å². The highest BCUT2D eigenvalue weighted by atomic mass is 16.2. The fourth-order valence-corrected chi connectivity index (χ4v) is 4.15. The summed E-state index contributed by atoms with van der Waals surface area (Å²) in [6.45, 7) is 5.62. The van der Waals surface area contributed by atoms with Crippen LogP contribution in [0.15, 0.2) is 54.6 Å². The number of carbonyl (C=O) groups is 3. The largest absolute Gasteiger partial charge is 0.369 e. The number of fused-ring (bicyclic) bond motifs is 1. The van der Waals surface area contributed by atoms with Crippen molar-refractivity contribution < 1.29 is 14.4 Å². The van der Waals surface area contributed by atoms with Crippen molar-refractivity contribution in [1.29, 1.82) is 0 Å². The van der Waals surface area contributed by atoms with E-state index in [-0.39, 0.29) is 24.3 Å². The van der Waals surface area contributed by atoms with E-state index in [1.165, 1.54) is 10.6 Å². The maximum atomic E-state index is 12.3. The Hall–Kier alpha value is -3.19. The molecule has 0 bridgehead atoms. The molecule has 3 amide bonds. The molecule has 0 atom stereocenters. The van der Waals surface area contributed by atoms with Crippen LogP contribution in [0.25, 0.3) is 0 Å². The Morgan fingerprint density at radius 1 is 0.806 bits per heavy atom. The number of anilines is 1. The Balaban J connectivity index is 1.11. The summed E-state index contributed by atoms with van der Waals surface area (Å²) in [6.07, 6.45) is 0.766. The molecule has 1 saturated heterocycles. The lowest BCUT2D eigenvalue weighted by atomic mass is 10.1. The number of para-hydroxylation sites is 1. The molecular weight excluding hydrogens is 392 g/mol. The second-order valence-corrected chi connectivity index (χ2v) is 7.93. The summed E-state index contributed by atoms with van der Waals surface area (Å²) in [5, 5.41) is 2.96. The van der Waals surface area contributed by atoms with Gasteiger partial charge in [0, 0.05) is 57.9 Å². The minimum atomic E-state index is -0.268. The lowest BCUT2D eigenvalue weighted by Crippen LogP contribution is -2.48. The Morgan fingerprint density at radius 2 is 1.42 bits per heavy atom. The molecule has 1 fully saturated rings. The van der Waals surface area contributed by atoms with Crippen molar-refractivity contribution in [2.75, 3.05) is 50.7 Å². The van der Waals surface area contributed by atoms with Gasteiger partial charge in [0.15, 0.2) is 0 Å². The van der Waals surface area contributed by atoms with Crippen LogP contribution in [-0.4, -0.2) is 73.3 Å². The normalized spacial score (nSPS) is 16.5. The van der Waals surface area contributed by atoms with Crippen molar-refractivity contribution in [3.05, 3.63) is 65.7 Å². The molecule has 7 heteroatoms. The fourth-order valence-electron chi connectivity index (χ4n) is 4.15. The van der Waals surface area contributed by atoms with Crippen LogP contribution < -0.4 is 10.2 Å². The molecule has 2 aromatic carbocycles. The van der Waals surface area contributed by atoms with E-state index in [4.69, 9.17) is 0 Å². The maximum absolute atomic E-state index is 12.3. The molecule has 0 spiro atoms. The number of piperazine rings is 1. The number of benzene rings is 2. The van der Waals surface area contributed by atoms with Gasteiger partial charge in [-0.15, -0.1) is 0 Å². The lowest BCUT2D eigenvalue weighted by molar-refractivity contribution is -0.121. The fraction of sp³-hybridized carbons (Fsp3) is 0.375. The Kier molecular flexibility index (Phi) is 6.62. The van der Waals surface area contributed by atoms with Gasteiger partial charge in [-0.2, -0.15) is 0 Å². The highest BCUT2D eigenvalue weighted by Gasteiger charge is 2.34. The van der Waals surface area contributed by atoms with Crippen LogP contribution in [0.3, 0.4) is 0 Å². The molecule has 0 saturated carbocycles.